The van der Waals surface area contributed by atoms with E-state index in [1.54, 1.807) is 0 Å². The third-order valence-electron chi connectivity index (χ3n) is 3.60. The minimum Gasteiger partial charge on any atom is -0.409 e. The Morgan fingerprint density at radius 1 is 1.50 bits per heavy atom. The highest BCUT2D eigenvalue weighted by atomic mass is 16.4. The molecule has 0 spiro atoms. The molecule has 16 heavy (non-hydrogen) atoms. The van der Waals surface area contributed by atoms with Crippen molar-refractivity contribution in [1.29, 1.82) is 0 Å². The highest BCUT2D eigenvalue weighted by molar-refractivity contribution is 5.80. The van der Waals surface area contributed by atoms with Gasteiger partial charge in [-0.3, -0.25) is 9.80 Å². The summed E-state index contributed by atoms with van der Waals surface area (Å²) in [5.41, 5.74) is 5.73. The number of hydrogen-bond donors (Lipinski definition) is 2. The van der Waals surface area contributed by atoms with Crippen LogP contribution in [0.25, 0.3) is 0 Å². The van der Waals surface area contributed by atoms with Crippen LogP contribution in [0.1, 0.15) is 27.2 Å². The van der Waals surface area contributed by atoms with Gasteiger partial charge >= 0.3 is 0 Å². The predicted molar refractivity (Wildman–Crippen MR) is 65.8 cm³/mol. The van der Waals surface area contributed by atoms with E-state index in [1.807, 2.05) is 0 Å². The lowest BCUT2D eigenvalue weighted by atomic mass is 9.98. The van der Waals surface area contributed by atoms with Gasteiger partial charge in [-0.1, -0.05) is 5.16 Å². The fourth-order valence-corrected chi connectivity index (χ4v) is 2.13. The van der Waals surface area contributed by atoms with Gasteiger partial charge in [0.15, 0.2) is 0 Å². The molecule has 0 radical (unpaired) electrons. The fraction of sp³-hybridized carbons (Fsp3) is 0.909. The number of nitrogens with two attached hydrogens (primary N) is 1. The van der Waals surface area contributed by atoms with Crippen LogP contribution in [0.5, 0.6) is 0 Å². The van der Waals surface area contributed by atoms with E-state index in [1.165, 1.54) is 0 Å². The zero-order valence-electron chi connectivity index (χ0n) is 10.8. The summed E-state index contributed by atoms with van der Waals surface area (Å²) in [7, 11) is 2.16. The summed E-state index contributed by atoms with van der Waals surface area (Å²) in [6.45, 7) is 9.74. The van der Waals surface area contributed by atoms with Crippen molar-refractivity contribution < 1.29 is 5.21 Å². The van der Waals surface area contributed by atoms with Crippen molar-refractivity contribution in [3.63, 3.8) is 0 Å². The van der Waals surface area contributed by atoms with E-state index in [9.17, 15) is 0 Å². The maximum Gasteiger partial charge on any atom is 0.140 e. The average Bonchev–Trinajstić information content (AvgIpc) is 2.21. The summed E-state index contributed by atoms with van der Waals surface area (Å²) < 4.78 is 0. The molecule has 0 aliphatic carbocycles. The van der Waals surface area contributed by atoms with Crippen molar-refractivity contribution in [2.75, 3.05) is 26.7 Å². The minimum absolute atomic E-state index is 0.192. The summed E-state index contributed by atoms with van der Waals surface area (Å²) in [4.78, 5) is 4.78. The van der Waals surface area contributed by atoms with E-state index >= 15 is 0 Å². The number of nitrogens with zero attached hydrogens (tertiary/aromatic N) is 3. The van der Waals surface area contributed by atoms with Crippen LogP contribution in [-0.2, 0) is 0 Å². The summed E-state index contributed by atoms with van der Waals surface area (Å²) in [6.07, 6.45) is 0.621. The van der Waals surface area contributed by atoms with Crippen LogP contribution < -0.4 is 5.73 Å². The molecule has 0 aromatic carbocycles. The normalized spacial score (nSPS) is 25.6. The van der Waals surface area contributed by atoms with E-state index in [-0.39, 0.29) is 5.54 Å². The molecule has 0 amide bonds. The van der Waals surface area contributed by atoms with E-state index in [4.69, 9.17) is 10.9 Å². The lowest BCUT2D eigenvalue weighted by Gasteiger charge is -2.47. The zero-order valence-corrected chi connectivity index (χ0v) is 10.8. The molecule has 1 unspecified atom stereocenters. The van der Waals surface area contributed by atoms with Crippen molar-refractivity contribution in [3.05, 3.63) is 0 Å². The van der Waals surface area contributed by atoms with Crippen molar-refractivity contribution in [2.45, 2.75) is 38.8 Å². The number of hydrogen-bond acceptors (Lipinski definition) is 4. The first-order chi connectivity index (χ1) is 7.36. The van der Waals surface area contributed by atoms with Crippen LogP contribution in [0.3, 0.4) is 0 Å². The van der Waals surface area contributed by atoms with Gasteiger partial charge in [-0.25, -0.2) is 0 Å². The summed E-state index contributed by atoms with van der Waals surface area (Å²) >= 11 is 0. The molecular formula is C11H24N4O. The molecule has 94 valence electrons. The quantitative estimate of drug-likeness (QED) is 0.320. The first-order valence-corrected chi connectivity index (χ1v) is 5.78. The van der Waals surface area contributed by atoms with Gasteiger partial charge in [-0.2, -0.15) is 0 Å². The van der Waals surface area contributed by atoms with Crippen LogP contribution in [0.4, 0.5) is 0 Å². The molecular weight excluding hydrogens is 204 g/mol. The Morgan fingerprint density at radius 3 is 2.62 bits per heavy atom. The lowest BCUT2D eigenvalue weighted by molar-refractivity contribution is 0.0219. The highest BCUT2D eigenvalue weighted by Crippen LogP contribution is 2.21. The maximum absolute atomic E-state index is 8.56. The molecule has 1 aliphatic rings. The Morgan fingerprint density at radius 2 is 2.12 bits per heavy atom. The van der Waals surface area contributed by atoms with Gasteiger partial charge in [-0.05, 0) is 27.8 Å². The Balaban J connectivity index is 2.56. The maximum atomic E-state index is 8.56. The van der Waals surface area contributed by atoms with Gasteiger partial charge in [0.25, 0.3) is 0 Å². The fourth-order valence-electron chi connectivity index (χ4n) is 2.13. The summed E-state index contributed by atoms with van der Waals surface area (Å²) in [5, 5.41) is 11.6. The molecule has 3 N–H and O–H groups in total. The molecule has 1 fully saturated rings. The van der Waals surface area contributed by atoms with Gasteiger partial charge in [0.1, 0.15) is 5.84 Å². The number of amidine groups is 1. The van der Waals surface area contributed by atoms with Crippen molar-refractivity contribution in [2.24, 2.45) is 10.9 Å². The highest BCUT2D eigenvalue weighted by Gasteiger charge is 2.32. The van der Waals surface area contributed by atoms with E-state index in [0.717, 1.165) is 19.6 Å². The molecule has 0 bridgehead atoms. The van der Waals surface area contributed by atoms with Crippen LogP contribution in [0, 0.1) is 0 Å². The number of piperazine rings is 1. The van der Waals surface area contributed by atoms with Gasteiger partial charge in [0.2, 0.25) is 0 Å². The summed E-state index contributed by atoms with van der Waals surface area (Å²) in [5.74, 6) is 0.309. The summed E-state index contributed by atoms with van der Waals surface area (Å²) in [6, 6.07) is 0.323. The van der Waals surface area contributed by atoms with E-state index < -0.39 is 0 Å². The monoisotopic (exact) mass is 228 g/mol. The van der Waals surface area contributed by atoms with Gasteiger partial charge in [0.05, 0.1) is 0 Å². The van der Waals surface area contributed by atoms with Crippen LogP contribution >= 0.6 is 0 Å². The van der Waals surface area contributed by atoms with Crippen LogP contribution in [0.15, 0.2) is 5.16 Å². The lowest BCUT2D eigenvalue weighted by Crippen LogP contribution is -2.59. The molecule has 1 rings (SSSR count). The van der Waals surface area contributed by atoms with Crippen LogP contribution in [-0.4, -0.2) is 59.1 Å². The largest absolute Gasteiger partial charge is 0.409 e. The van der Waals surface area contributed by atoms with E-state index in [2.05, 4.69) is 42.8 Å². The topological polar surface area (TPSA) is 65.1 Å². The second kappa shape index (κ2) is 5.01. The van der Waals surface area contributed by atoms with E-state index in [0.29, 0.717) is 18.3 Å². The zero-order chi connectivity index (χ0) is 12.3. The molecule has 1 heterocycles. The molecule has 0 aromatic rings. The Labute approximate surface area is 97.9 Å². The second-order valence-electron chi connectivity index (χ2n) is 5.35. The Bertz CT molecular complexity index is 265. The van der Waals surface area contributed by atoms with Crippen molar-refractivity contribution in [3.8, 4) is 0 Å². The van der Waals surface area contributed by atoms with Gasteiger partial charge in [0, 0.05) is 37.6 Å². The first kappa shape index (κ1) is 13.3. The number of rotatable bonds is 3. The third kappa shape index (κ3) is 3.09. The number of likely N-dealkylation sites (N-methyl/N-ethyl adjacent to an activating group) is 1. The molecule has 1 aliphatic heterocycles. The van der Waals surface area contributed by atoms with Crippen molar-refractivity contribution in [1.82, 2.24) is 9.80 Å². The van der Waals surface area contributed by atoms with Crippen molar-refractivity contribution >= 4 is 5.84 Å². The molecule has 5 heteroatoms. The predicted octanol–water partition coefficient (Wildman–Crippen LogP) is 0.537. The smallest absolute Gasteiger partial charge is 0.140 e. The molecule has 1 atom stereocenters. The first-order valence-electron chi connectivity index (χ1n) is 5.78. The minimum atomic E-state index is 0.192. The molecule has 1 saturated heterocycles. The molecule has 5 nitrogen and oxygen atoms in total. The Kier molecular flexibility index (Phi) is 4.15. The standard InChI is InChI=1S/C11H24N4O/c1-9(7-10(12)13-16)15-6-5-14(4)11(2,3)8-15/h9,16H,5-8H2,1-4H3,(H2,12,13). The SMILES string of the molecule is CC(CC(N)=NO)N1CCN(C)C(C)(C)C1. The number of oxime groups is 1. The Hall–Kier alpha value is -0.810. The van der Waals surface area contributed by atoms with Gasteiger partial charge < -0.3 is 10.9 Å². The molecule has 0 aromatic heterocycles. The molecule has 0 saturated carbocycles. The van der Waals surface area contributed by atoms with Gasteiger partial charge in [-0.15, -0.1) is 0 Å². The average molecular weight is 228 g/mol. The van der Waals surface area contributed by atoms with Crippen LogP contribution in [0.2, 0.25) is 0 Å². The third-order valence-corrected chi connectivity index (χ3v) is 3.60. The second-order valence-corrected chi connectivity index (χ2v) is 5.35.